The molecule has 0 N–H and O–H groups in total. The van der Waals surface area contributed by atoms with E-state index in [-0.39, 0.29) is 0 Å². The van der Waals surface area contributed by atoms with Gasteiger partial charge in [0, 0.05) is 11.6 Å². The van der Waals surface area contributed by atoms with Crippen LogP contribution in [0.2, 0.25) is 0 Å². The molecule has 0 aliphatic heterocycles. The van der Waals surface area contributed by atoms with Crippen molar-refractivity contribution in [3.63, 3.8) is 0 Å². The summed E-state index contributed by atoms with van der Waals surface area (Å²) in [6.45, 7) is 3.83. The molecule has 0 heterocycles. The summed E-state index contributed by atoms with van der Waals surface area (Å²) in [6.07, 6.45) is 3.10. The Balaban J connectivity index is 2.13. The first kappa shape index (κ1) is 14.9. The molecule has 2 rings (SSSR count). The van der Waals surface area contributed by atoms with Gasteiger partial charge in [0.15, 0.2) is 0 Å². The monoisotopic (exact) mass is 282 g/mol. The Kier molecular flexibility index (Phi) is 4.77. The van der Waals surface area contributed by atoms with E-state index in [0.717, 1.165) is 16.7 Å². The zero-order chi connectivity index (χ0) is 15.2. The molecule has 0 fully saturated rings. The Morgan fingerprint density at radius 3 is 2.33 bits per heavy atom. The molecule has 3 nitrogen and oxygen atoms in total. The topological polar surface area (TPSA) is 35.5 Å². The number of hydrogen-bond donors (Lipinski definition) is 0. The number of rotatable bonds is 4. The van der Waals surface area contributed by atoms with Crippen LogP contribution in [-0.4, -0.2) is 13.1 Å². The number of carbonyl (C=O) groups is 1. The summed E-state index contributed by atoms with van der Waals surface area (Å²) in [6, 6.07) is 13.3. The maximum absolute atomic E-state index is 11.9. The Morgan fingerprint density at radius 2 is 1.67 bits per heavy atom. The molecule has 21 heavy (non-hydrogen) atoms. The third-order valence-electron chi connectivity index (χ3n) is 3.15. The molecule has 3 heteroatoms. The van der Waals surface area contributed by atoms with Gasteiger partial charge < -0.3 is 9.47 Å². The number of ether oxygens (including phenoxy) is 2. The van der Waals surface area contributed by atoms with Crippen molar-refractivity contribution >= 4 is 12.0 Å². The fraction of sp³-hybridized carbons (Fsp3) is 0.167. The first-order chi connectivity index (χ1) is 10.1. The molecule has 0 spiro atoms. The van der Waals surface area contributed by atoms with Crippen LogP contribution in [0.5, 0.6) is 11.5 Å². The summed E-state index contributed by atoms with van der Waals surface area (Å²) in [5, 5.41) is 0. The molecular weight excluding hydrogens is 264 g/mol. The molecule has 0 unspecified atom stereocenters. The minimum Gasteiger partial charge on any atom is -0.496 e. The van der Waals surface area contributed by atoms with Gasteiger partial charge in [-0.2, -0.15) is 0 Å². The summed E-state index contributed by atoms with van der Waals surface area (Å²) in [5.41, 5.74) is 2.71. The highest BCUT2D eigenvalue weighted by atomic mass is 16.5. The van der Waals surface area contributed by atoms with Crippen molar-refractivity contribution in [1.29, 1.82) is 0 Å². The van der Waals surface area contributed by atoms with E-state index in [0.29, 0.717) is 11.5 Å². The Morgan fingerprint density at radius 1 is 1.00 bits per heavy atom. The van der Waals surface area contributed by atoms with E-state index in [1.54, 1.807) is 13.2 Å². The predicted molar refractivity (Wildman–Crippen MR) is 83.6 cm³/mol. The van der Waals surface area contributed by atoms with Gasteiger partial charge in [-0.1, -0.05) is 36.4 Å². The predicted octanol–water partition coefficient (Wildman–Crippen LogP) is 3.93. The van der Waals surface area contributed by atoms with Crippen molar-refractivity contribution in [3.05, 3.63) is 65.2 Å². The minimum atomic E-state index is -0.404. The van der Waals surface area contributed by atoms with Gasteiger partial charge in [0.1, 0.15) is 11.5 Å². The van der Waals surface area contributed by atoms with Crippen LogP contribution in [0.1, 0.15) is 16.7 Å². The van der Waals surface area contributed by atoms with Gasteiger partial charge in [-0.05, 0) is 37.1 Å². The van der Waals surface area contributed by atoms with Crippen molar-refractivity contribution in [2.24, 2.45) is 0 Å². The van der Waals surface area contributed by atoms with E-state index < -0.39 is 5.97 Å². The number of para-hydroxylation sites is 2. The van der Waals surface area contributed by atoms with Crippen molar-refractivity contribution < 1.29 is 14.3 Å². The standard InChI is InChI=1S/C18H18O3/c1-13-7-6-8-14(2)18(13)21-17(19)12-11-15-9-4-5-10-16(15)20-3/h4-12H,1-3H3. The molecule has 0 saturated carbocycles. The molecule has 0 amide bonds. The summed E-state index contributed by atoms with van der Waals surface area (Å²) < 4.78 is 10.6. The lowest BCUT2D eigenvalue weighted by Gasteiger charge is -2.08. The second-order valence-electron chi connectivity index (χ2n) is 4.72. The maximum atomic E-state index is 11.9. The molecular formula is C18H18O3. The number of esters is 1. The molecule has 108 valence electrons. The summed E-state index contributed by atoms with van der Waals surface area (Å²) in [7, 11) is 1.60. The first-order valence-corrected chi connectivity index (χ1v) is 6.71. The second kappa shape index (κ2) is 6.75. The second-order valence-corrected chi connectivity index (χ2v) is 4.72. The molecule has 2 aromatic carbocycles. The maximum Gasteiger partial charge on any atom is 0.336 e. The van der Waals surface area contributed by atoms with E-state index in [9.17, 15) is 4.79 Å². The van der Waals surface area contributed by atoms with Crippen LogP contribution >= 0.6 is 0 Å². The number of aryl methyl sites for hydroxylation is 2. The van der Waals surface area contributed by atoms with E-state index in [4.69, 9.17) is 9.47 Å². The number of benzene rings is 2. The molecule has 0 aliphatic carbocycles. The van der Waals surface area contributed by atoms with E-state index >= 15 is 0 Å². The highest BCUT2D eigenvalue weighted by Crippen LogP contribution is 2.23. The third-order valence-corrected chi connectivity index (χ3v) is 3.15. The Hall–Kier alpha value is -2.55. The van der Waals surface area contributed by atoms with Gasteiger partial charge >= 0.3 is 5.97 Å². The van der Waals surface area contributed by atoms with Gasteiger partial charge in [-0.25, -0.2) is 4.79 Å². The highest BCUT2D eigenvalue weighted by Gasteiger charge is 2.07. The average molecular weight is 282 g/mol. The largest absolute Gasteiger partial charge is 0.496 e. The number of methoxy groups -OCH3 is 1. The van der Waals surface area contributed by atoms with E-state index in [1.807, 2.05) is 56.3 Å². The summed E-state index contributed by atoms with van der Waals surface area (Å²) in [4.78, 5) is 11.9. The van der Waals surface area contributed by atoms with Gasteiger partial charge in [0.2, 0.25) is 0 Å². The molecule has 0 bridgehead atoms. The molecule has 0 atom stereocenters. The normalized spacial score (nSPS) is 10.6. The van der Waals surface area contributed by atoms with Crippen molar-refractivity contribution in [2.45, 2.75) is 13.8 Å². The lowest BCUT2D eigenvalue weighted by molar-refractivity contribution is -0.129. The molecule has 0 radical (unpaired) electrons. The van der Waals surface area contributed by atoms with Gasteiger partial charge in [0.25, 0.3) is 0 Å². The van der Waals surface area contributed by atoms with Crippen LogP contribution in [0.4, 0.5) is 0 Å². The zero-order valence-electron chi connectivity index (χ0n) is 12.4. The Bertz CT molecular complexity index is 652. The first-order valence-electron chi connectivity index (χ1n) is 6.71. The van der Waals surface area contributed by atoms with Crippen molar-refractivity contribution in [2.75, 3.05) is 7.11 Å². The van der Waals surface area contributed by atoms with Crippen LogP contribution in [0.25, 0.3) is 6.08 Å². The lowest BCUT2D eigenvalue weighted by Crippen LogP contribution is -2.06. The summed E-state index contributed by atoms with van der Waals surface area (Å²) >= 11 is 0. The van der Waals surface area contributed by atoms with Crippen LogP contribution < -0.4 is 9.47 Å². The highest BCUT2D eigenvalue weighted by molar-refractivity contribution is 5.89. The fourth-order valence-electron chi connectivity index (χ4n) is 2.06. The van der Waals surface area contributed by atoms with Crippen molar-refractivity contribution in [1.82, 2.24) is 0 Å². The van der Waals surface area contributed by atoms with Gasteiger partial charge in [0.05, 0.1) is 7.11 Å². The molecule has 0 aromatic heterocycles. The van der Waals surface area contributed by atoms with Gasteiger partial charge in [-0.3, -0.25) is 0 Å². The van der Waals surface area contributed by atoms with Crippen LogP contribution in [0.3, 0.4) is 0 Å². The lowest BCUT2D eigenvalue weighted by atomic mass is 10.1. The Labute approximate surface area is 124 Å². The smallest absolute Gasteiger partial charge is 0.336 e. The molecule has 0 saturated heterocycles. The molecule has 0 aliphatic rings. The third kappa shape index (κ3) is 3.72. The fourth-order valence-corrected chi connectivity index (χ4v) is 2.06. The van der Waals surface area contributed by atoms with Crippen molar-refractivity contribution in [3.8, 4) is 11.5 Å². The average Bonchev–Trinajstić information content (AvgIpc) is 2.49. The quantitative estimate of drug-likeness (QED) is 0.484. The van der Waals surface area contributed by atoms with Gasteiger partial charge in [-0.15, -0.1) is 0 Å². The minimum absolute atomic E-state index is 0.404. The van der Waals surface area contributed by atoms with Crippen LogP contribution in [-0.2, 0) is 4.79 Å². The van der Waals surface area contributed by atoms with Crippen LogP contribution in [0, 0.1) is 13.8 Å². The SMILES string of the molecule is COc1ccccc1C=CC(=O)Oc1c(C)cccc1C. The van der Waals surface area contributed by atoms with Crippen LogP contribution in [0.15, 0.2) is 48.5 Å². The van der Waals surface area contributed by atoms with E-state index in [2.05, 4.69) is 0 Å². The molecule has 2 aromatic rings. The summed E-state index contributed by atoms with van der Waals surface area (Å²) in [5.74, 6) is 0.930. The zero-order valence-corrected chi connectivity index (χ0v) is 12.4. The van der Waals surface area contributed by atoms with E-state index in [1.165, 1.54) is 6.08 Å². The number of carbonyl (C=O) groups excluding carboxylic acids is 1. The number of hydrogen-bond acceptors (Lipinski definition) is 3.